The second-order valence-electron chi connectivity index (χ2n) is 9.28. The van der Waals surface area contributed by atoms with E-state index in [1.807, 2.05) is 24.6 Å². The first-order chi connectivity index (χ1) is 14.7. The summed E-state index contributed by atoms with van der Waals surface area (Å²) >= 11 is 1.53. The Morgan fingerprint density at radius 3 is 2.74 bits per heavy atom. The average molecular weight is 455 g/mol. The van der Waals surface area contributed by atoms with Crippen LogP contribution in [0.5, 0.6) is 5.75 Å². The molecule has 0 fully saturated rings. The molecule has 1 aliphatic rings. The van der Waals surface area contributed by atoms with Crippen molar-refractivity contribution in [1.82, 2.24) is 19.5 Å². The maximum Gasteiger partial charge on any atom is 0.192 e. The average Bonchev–Trinajstić information content (AvgIpc) is 3.37. The van der Waals surface area contributed by atoms with Crippen LogP contribution in [-0.2, 0) is 17.5 Å². The van der Waals surface area contributed by atoms with Crippen LogP contribution in [0, 0.1) is 0 Å². The highest BCUT2D eigenvalue weighted by Crippen LogP contribution is 2.38. The number of aromatic nitrogens is 4. The second kappa shape index (κ2) is 8.41. The van der Waals surface area contributed by atoms with Crippen molar-refractivity contribution in [3.05, 3.63) is 47.9 Å². The Morgan fingerprint density at radius 2 is 2.00 bits per heavy atom. The van der Waals surface area contributed by atoms with Crippen molar-refractivity contribution in [2.24, 2.45) is 0 Å². The topological polar surface area (TPSA) is 62.1 Å². The molecule has 4 rings (SSSR count). The van der Waals surface area contributed by atoms with Gasteiger partial charge in [0.15, 0.2) is 13.5 Å². The van der Waals surface area contributed by atoms with Gasteiger partial charge in [0.05, 0.1) is 25.1 Å². The molecule has 0 N–H and O–H groups in total. The molecule has 0 unspecified atom stereocenters. The van der Waals surface area contributed by atoms with E-state index in [1.165, 1.54) is 17.3 Å². The number of benzene rings is 1. The standard InChI is InChI=1S/C23H30N4O2SSi/c1-23(2,3)31(5,6)29-15-18-14-25-21(17-7-8-19-16(13-17)10-12-28-19)27(18)20-9-11-24-22(26-20)30-4/h7-9,11,13-14H,10,12,15H2,1-6H3. The predicted octanol–water partition coefficient (Wildman–Crippen LogP) is 5.51. The maximum atomic E-state index is 6.53. The summed E-state index contributed by atoms with van der Waals surface area (Å²) in [6, 6.07) is 8.21. The third kappa shape index (κ3) is 4.42. The summed E-state index contributed by atoms with van der Waals surface area (Å²) in [4.78, 5) is 13.9. The van der Waals surface area contributed by atoms with Crippen LogP contribution in [-0.4, -0.2) is 40.7 Å². The number of nitrogens with zero attached hydrogens (tertiary/aromatic N) is 4. The zero-order valence-corrected chi connectivity index (χ0v) is 20.9. The molecule has 3 aromatic rings. The molecule has 0 bridgehead atoms. The molecule has 6 nitrogen and oxygen atoms in total. The number of ether oxygens (including phenoxy) is 1. The van der Waals surface area contributed by atoms with E-state index in [1.54, 1.807) is 6.20 Å². The van der Waals surface area contributed by atoms with Crippen molar-refractivity contribution in [3.8, 4) is 23.0 Å². The van der Waals surface area contributed by atoms with Crippen LogP contribution in [0.3, 0.4) is 0 Å². The van der Waals surface area contributed by atoms with Crippen molar-refractivity contribution >= 4 is 20.1 Å². The van der Waals surface area contributed by atoms with Crippen LogP contribution in [0.2, 0.25) is 18.1 Å². The van der Waals surface area contributed by atoms with Gasteiger partial charge in [-0.1, -0.05) is 32.5 Å². The molecule has 0 saturated heterocycles. The number of hydrogen-bond donors (Lipinski definition) is 0. The van der Waals surface area contributed by atoms with Crippen LogP contribution in [0.25, 0.3) is 17.2 Å². The molecule has 31 heavy (non-hydrogen) atoms. The van der Waals surface area contributed by atoms with Gasteiger partial charge in [0.2, 0.25) is 0 Å². The molecule has 8 heteroatoms. The summed E-state index contributed by atoms with van der Waals surface area (Å²) in [5.41, 5.74) is 3.26. The molecular weight excluding hydrogens is 424 g/mol. The van der Waals surface area contributed by atoms with E-state index < -0.39 is 8.32 Å². The normalized spacial score (nSPS) is 13.9. The zero-order chi connectivity index (χ0) is 22.2. The van der Waals surface area contributed by atoms with Crippen LogP contribution in [0.4, 0.5) is 0 Å². The summed E-state index contributed by atoms with van der Waals surface area (Å²) in [7, 11) is -1.91. The molecule has 3 heterocycles. The lowest BCUT2D eigenvalue weighted by atomic mass is 10.1. The van der Waals surface area contributed by atoms with Gasteiger partial charge in [-0.15, -0.1) is 0 Å². The quantitative estimate of drug-likeness (QED) is 0.278. The number of imidazole rings is 1. The minimum atomic E-state index is -1.91. The third-order valence-corrected chi connectivity index (χ3v) is 11.2. The Labute approximate surface area is 189 Å². The van der Waals surface area contributed by atoms with Gasteiger partial charge in [0.1, 0.15) is 17.4 Å². The first-order valence-electron chi connectivity index (χ1n) is 10.5. The fourth-order valence-electron chi connectivity index (χ4n) is 3.30. The Morgan fingerprint density at radius 1 is 1.19 bits per heavy atom. The molecule has 0 aliphatic carbocycles. The van der Waals surface area contributed by atoms with Gasteiger partial charge in [-0.3, -0.25) is 4.57 Å². The predicted molar refractivity (Wildman–Crippen MR) is 128 cm³/mol. The van der Waals surface area contributed by atoms with E-state index >= 15 is 0 Å². The Hall–Kier alpha value is -2.16. The van der Waals surface area contributed by atoms with Crippen molar-refractivity contribution in [2.45, 2.75) is 57.1 Å². The fourth-order valence-corrected chi connectivity index (χ4v) is 4.59. The molecular formula is C23H30N4O2SSi. The van der Waals surface area contributed by atoms with Crippen LogP contribution < -0.4 is 4.74 Å². The van der Waals surface area contributed by atoms with E-state index in [-0.39, 0.29) is 5.04 Å². The Kier molecular flexibility index (Phi) is 5.98. The molecule has 0 atom stereocenters. The molecule has 0 amide bonds. The maximum absolute atomic E-state index is 6.53. The van der Waals surface area contributed by atoms with Gasteiger partial charge in [0, 0.05) is 18.2 Å². The van der Waals surface area contributed by atoms with Gasteiger partial charge in [-0.05, 0) is 54.2 Å². The summed E-state index contributed by atoms with van der Waals surface area (Å²) in [5, 5.41) is 0.873. The third-order valence-electron chi connectivity index (χ3n) is 6.20. The lowest BCUT2D eigenvalue weighted by Gasteiger charge is -2.36. The van der Waals surface area contributed by atoms with Gasteiger partial charge in [-0.2, -0.15) is 0 Å². The Balaban J connectivity index is 1.77. The van der Waals surface area contributed by atoms with Gasteiger partial charge >= 0.3 is 0 Å². The minimum Gasteiger partial charge on any atom is -0.493 e. The lowest BCUT2D eigenvalue weighted by Crippen LogP contribution is -2.40. The van der Waals surface area contributed by atoms with Crippen molar-refractivity contribution < 1.29 is 9.16 Å². The van der Waals surface area contributed by atoms with Crippen LogP contribution in [0.1, 0.15) is 32.0 Å². The molecule has 164 valence electrons. The van der Waals surface area contributed by atoms with Crippen molar-refractivity contribution in [1.29, 1.82) is 0 Å². The second-order valence-corrected chi connectivity index (χ2v) is 14.9. The van der Waals surface area contributed by atoms with Gasteiger partial charge < -0.3 is 9.16 Å². The largest absolute Gasteiger partial charge is 0.493 e. The monoisotopic (exact) mass is 454 g/mol. The summed E-state index contributed by atoms with van der Waals surface area (Å²) in [6.07, 6.45) is 6.62. The zero-order valence-electron chi connectivity index (χ0n) is 19.1. The highest BCUT2D eigenvalue weighted by atomic mass is 32.2. The molecule has 0 radical (unpaired) electrons. The number of fused-ring (bicyclic) bond motifs is 1. The van der Waals surface area contributed by atoms with E-state index in [0.29, 0.717) is 6.61 Å². The van der Waals surface area contributed by atoms with E-state index in [0.717, 1.165) is 46.8 Å². The fraction of sp³-hybridized carbons (Fsp3) is 0.435. The van der Waals surface area contributed by atoms with E-state index in [9.17, 15) is 0 Å². The molecule has 1 aromatic carbocycles. The van der Waals surface area contributed by atoms with Gasteiger partial charge in [-0.25, -0.2) is 15.0 Å². The highest BCUT2D eigenvalue weighted by molar-refractivity contribution is 7.98. The SMILES string of the molecule is CSc1nccc(-n2c(CO[Si](C)(C)C(C)(C)C)cnc2-c2ccc3c(c2)CCO3)n1. The lowest BCUT2D eigenvalue weighted by molar-refractivity contribution is 0.270. The minimum absolute atomic E-state index is 0.140. The summed E-state index contributed by atoms with van der Waals surface area (Å²) < 4.78 is 14.3. The van der Waals surface area contributed by atoms with E-state index in [2.05, 4.69) is 55.5 Å². The summed E-state index contributed by atoms with van der Waals surface area (Å²) in [6.45, 7) is 12.5. The Bertz CT molecular complexity index is 1090. The molecule has 2 aromatic heterocycles. The smallest absolute Gasteiger partial charge is 0.192 e. The molecule has 0 spiro atoms. The molecule has 1 aliphatic heterocycles. The van der Waals surface area contributed by atoms with Crippen molar-refractivity contribution in [2.75, 3.05) is 12.9 Å². The van der Waals surface area contributed by atoms with Gasteiger partial charge in [0.25, 0.3) is 0 Å². The number of rotatable bonds is 6. The van der Waals surface area contributed by atoms with Crippen molar-refractivity contribution in [3.63, 3.8) is 0 Å². The molecule has 0 saturated carbocycles. The highest BCUT2D eigenvalue weighted by Gasteiger charge is 2.37. The van der Waals surface area contributed by atoms with E-state index in [4.69, 9.17) is 19.1 Å². The van der Waals surface area contributed by atoms with Crippen LogP contribution >= 0.6 is 11.8 Å². The summed E-state index contributed by atoms with van der Waals surface area (Å²) in [5.74, 6) is 2.63. The van der Waals surface area contributed by atoms with Crippen LogP contribution in [0.15, 0.2) is 41.8 Å². The number of thioether (sulfide) groups is 1. The number of hydrogen-bond acceptors (Lipinski definition) is 6. The first-order valence-corrected chi connectivity index (χ1v) is 14.7. The first kappa shape index (κ1) is 22.0.